The molecule has 3 heteroatoms. The fraction of sp³-hybridized carbons (Fsp3) is 0.647. The number of nitrogens with zero attached hydrogens (tertiary/aromatic N) is 1. The highest BCUT2D eigenvalue weighted by Gasteiger charge is 2.20. The van der Waals surface area contributed by atoms with Crippen molar-refractivity contribution in [1.82, 2.24) is 4.90 Å². The van der Waals surface area contributed by atoms with Crippen LogP contribution in [0.1, 0.15) is 36.4 Å². The first-order valence-electron chi connectivity index (χ1n) is 7.74. The molecule has 1 aliphatic carbocycles. The molecule has 1 fully saturated rings. The standard InChI is InChI=1S/C17H28N2O/c1-14-5-3-4-6-16(14)17(18)9-10-19(2)11-12-20-13-15-7-8-15/h3-6,15,17H,7-13,18H2,1-2H3. The van der Waals surface area contributed by atoms with Gasteiger partial charge in [-0.3, -0.25) is 0 Å². The van der Waals surface area contributed by atoms with E-state index in [-0.39, 0.29) is 6.04 Å². The van der Waals surface area contributed by atoms with Crippen LogP contribution in [-0.4, -0.2) is 38.3 Å². The SMILES string of the molecule is Cc1ccccc1C(N)CCN(C)CCOCC1CC1. The maximum Gasteiger partial charge on any atom is 0.0593 e. The Labute approximate surface area is 123 Å². The molecule has 0 aromatic heterocycles. The van der Waals surface area contributed by atoms with Crippen molar-refractivity contribution in [1.29, 1.82) is 0 Å². The summed E-state index contributed by atoms with van der Waals surface area (Å²) in [4.78, 5) is 2.31. The molecule has 1 saturated carbocycles. The molecule has 0 amide bonds. The summed E-state index contributed by atoms with van der Waals surface area (Å²) in [6.07, 6.45) is 3.71. The van der Waals surface area contributed by atoms with Gasteiger partial charge in [-0.05, 0) is 56.8 Å². The van der Waals surface area contributed by atoms with E-state index in [1.54, 1.807) is 0 Å². The molecule has 2 rings (SSSR count). The molecule has 1 aromatic rings. The number of hydrogen-bond donors (Lipinski definition) is 1. The van der Waals surface area contributed by atoms with Crippen molar-refractivity contribution in [2.75, 3.05) is 33.4 Å². The van der Waals surface area contributed by atoms with Crippen molar-refractivity contribution in [3.8, 4) is 0 Å². The van der Waals surface area contributed by atoms with Crippen LogP contribution in [0.3, 0.4) is 0 Å². The summed E-state index contributed by atoms with van der Waals surface area (Å²) in [6.45, 7) is 5.93. The van der Waals surface area contributed by atoms with Gasteiger partial charge in [0.2, 0.25) is 0 Å². The molecule has 1 aliphatic rings. The van der Waals surface area contributed by atoms with Crippen molar-refractivity contribution < 1.29 is 4.74 Å². The third-order valence-corrected chi connectivity index (χ3v) is 4.08. The first-order chi connectivity index (χ1) is 9.66. The van der Waals surface area contributed by atoms with Gasteiger partial charge < -0.3 is 15.4 Å². The number of ether oxygens (including phenoxy) is 1. The van der Waals surface area contributed by atoms with Gasteiger partial charge in [-0.15, -0.1) is 0 Å². The smallest absolute Gasteiger partial charge is 0.0593 e. The molecule has 0 saturated heterocycles. The van der Waals surface area contributed by atoms with Gasteiger partial charge in [-0.2, -0.15) is 0 Å². The third-order valence-electron chi connectivity index (χ3n) is 4.08. The van der Waals surface area contributed by atoms with E-state index >= 15 is 0 Å². The normalized spacial score (nSPS) is 16.6. The van der Waals surface area contributed by atoms with E-state index < -0.39 is 0 Å². The second-order valence-electron chi connectivity index (χ2n) is 6.07. The lowest BCUT2D eigenvalue weighted by atomic mass is 9.99. The zero-order valence-electron chi connectivity index (χ0n) is 12.8. The minimum Gasteiger partial charge on any atom is -0.380 e. The van der Waals surface area contributed by atoms with Crippen molar-refractivity contribution in [3.05, 3.63) is 35.4 Å². The topological polar surface area (TPSA) is 38.5 Å². The van der Waals surface area contributed by atoms with Crippen LogP contribution < -0.4 is 5.73 Å². The largest absolute Gasteiger partial charge is 0.380 e. The zero-order chi connectivity index (χ0) is 14.4. The first kappa shape index (κ1) is 15.5. The summed E-state index contributed by atoms with van der Waals surface area (Å²) >= 11 is 0. The van der Waals surface area contributed by atoms with Crippen LogP contribution in [0.15, 0.2) is 24.3 Å². The third kappa shape index (κ3) is 5.23. The molecule has 0 aliphatic heterocycles. The van der Waals surface area contributed by atoms with E-state index in [9.17, 15) is 0 Å². The Morgan fingerprint density at radius 3 is 2.75 bits per heavy atom. The Morgan fingerprint density at radius 2 is 2.05 bits per heavy atom. The zero-order valence-corrected chi connectivity index (χ0v) is 12.8. The highest BCUT2D eigenvalue weighted by Crippen LogP contribution is 2.28. The molecular weight excluding hydrogens is 248 g/mol. The van der Waals surface area contributed by atoms with Crippen LogP contribution in [0, 0.1) is 12.8 Å². The van der Waals surface area contributed by atoms with Crippen molar-refractivity contribution in [2.45, 2.75) is 32.2 Å². The Morgan fingerprint density at radius 1 is 1.30 bits per heavy atom. The Balaban J connectivity index is 1.61. The quantitative estimate of drug-likeness (QED) is 0.705. The van der Waals surface area contributed by atoms with Crippen LogP contribution in [0.2, 0.25) is 0 Å². The minimum atomic E-state index is 0.131. The number of benzene rings is 1. The van der Waals surface area contributed by atoms with Crippen LogP contribution in [0.25, 0.3) is 0 Å². The monoisotopic (exact) mass is 276 g/mol. The van der Waals surface area contributed by atoms with Crippen molar-refractivity contribution >= 4 is 0 Å². The van der Waals surface area contributed by atoms with E-state index in [0.717, 1.165) is 38.6 Å². The average Bonchev–Trinajstić information content (AvgIpc) is 3.25. The number of likely N-dealkylation sites (N-methyl/N-ethyl adjacent to an activating group) is 1. The molecule has 1 unspecified atom stereocenters. The molecule has 112 valence electrons. The van der Waals surface area contributed by atoms with Gasteiger partial charge in [0.15, 0.2) is 0 Å². The van der Waals surface area contributed by atoms with Gasteiger partial charge in [-0.1, -0.05) is 24.3 Å². The maximum absolute atomic E-state index is 6.29. The van der Waals surface area contributed by atoms with Gasteiger partial charge in [-0.25, -0.2) is 0 Å². The summed E-state index contributed by atoms with van der Waals surface area (Å²) in [5, 5.41) is 0. The molecule has 3 nitrogen and oxygen atoms in total. The van der Waals surface area contributed by atoms with E-state index in [4.69, 9.17) is 10.5 Å². The van der Waals surface area contributed by atoms with E-state index in [0.29, 0.717) is 0 Å². The van der Waals surface area contributed by atoms with Gasteiger partial charge in [0.25, 0.3) is 0 Å². The Kier molecular flexibility index (Phi) is 6.02. The Hall–Kier alpha value is -0.900. The summed E-state index contributed by atoms with van der Waals surface area (Å²) in [5.74, 6) is 0.856. The van der Waals surface area contributed by atoms with E-state index in [2.05, 4.69) is 43.1 Å². The summed E-state index contributed by atoms with van der Waals surface area (Å²) in [6, 6.07) is 8.53. The van der Waals surface area contributed by atoms with E-state index in [1.165, 1.54) is 24.0 Å². The van der Waals surface area contributed by atoms with Crippen LogP contribution in [-0.2, 0) is 4.74 Å². The van der Waals surface area contributed by atoms with Gasteiger partial charge in [0.1, 0.15) is 0 Å². The van der Waals surface area contributed by atoms with Crippen LogP contribution in [0.5, 0.6) is 0 Å². The van der Waals surface area contributed by atoms with Crippen LogP contribution >= 0.6 is 0 Å². The minimum absolute atomic E-state index is 0.131. The maximum atomic E-state index is 6.29. The van der Waals surface area contributed by atoms with Crippen molar-refractivity contribution in [2.24, 2.45) is 11.7 Å². The fourth-order valence-electron chi connectivity index (χ4n) is 2.38. The molecule has 0 heterocycles. The first-order valence-corrected chi connectivity index (χ1v) is 7.74. The number of hydrogen-bond acceptors (Lipinski definition) is 3. The molecule has 1 aromatic carbocycles. The molecule has 0 spiro atoms. The predicted molar refractivity (Wildman–Crippen MR) is 83.8 cm³/mol. The molecule has 2 N–H and O–H groups in total. The Bertz CT molecular complexity index is 404. The second-order valence-corrected chi connectivity index (χ2v) is 6.07. The summed E-state index contributed by atoms with van der Waals surface area (Å²) in [5.41, 5.74) is 8.85. The summed E-state index contributed by atoms with van der Waals surface area (Å²) in [7, 11) is 2.14. The lowest BCUT2D eigenvalue weighted by Gasteiger charge is -2.20. The lowest BCUT2D eigenvalue weighted by molar-refractivity contribution is 0.103. The fourth-order valence-corrected chi connectivity index (χ4v) is 2.38. The van der Waals surface area contributed by atoms with Gasteiger partial charge in [0.05, 0.1) is 6.61 Å². The molecular formula is C17H28N2O. The highest BCUT2D eigenvalue weighted by atomic mass is 16.5. The number of nitrogens with two attached hydrogens (primary N) is 1. The lowest BCUT2D eigenvalue weighted by Crippen LogP contribution is -2.27. The van der Waals surface area contributed by atoms with Crippen molar-refractivity contribution in [3.63, 3.8) is 0 Å². The second kappa shape index (κ2) is 7.77. The predicted octanol–water partition coefficient (Wildman–Crippen LogP) is 2.74. The highest BCUT2D eigenvalue weighted by molar-refractivity contribution is 5.28. The number of aryl methyl sites for hydroxylation is 1. The average molecular weight is 276 g/mol. The summed E-state index contributed by atoms with van der Waals surface area (Å²) < 4.78 is 5.67. The molecule has 1 atom stereocenters. The number of rotatable bonds is 9. The van der Waals surface area contributed by atoms with Crippen LogP contribution in [0.4, 0.5) is 0 Å². The van der Waals surface area contributed by atoms with Gasteiger partial charge in [0, 0.05) is 19.2 Å². The van der Waals surface area contributed by atoms with Gasteiger partial charge >= 0.3 is 0 Å². The molecule has 20 heavy (non-hydrogen) atoms. The molecule has 0 radical (unpaired) electrons. The van der Waals surface area contributed by atoms with E-state index in [1.807, 2.05) is 0 Å². The molecule has 0 bridgehead atoms.